The Morgan fingerprint density at radius 3 is 2.47 bits per heavy atom. The molecule has 0 spiro atoms. The van der Waals surface area contributed by atoms with Gasteiger partial charge in [-0.2, -0.15) is 0 Å². The van der Waals surface area contributed by atoms with Crippen molar-refractivity contribution in [1.82, 2.24) is 4.90 Å². The number of ether oxygens (including phenoxy) is 3. The van der Waals surface area contributed by atoms with Crippen molar-refractivity contribution in [2.75, 3.05) is 32.9 Å². The SMILES string of the molecule is COc1ccccc1CN1C(=O)C(=O)/C(=C(\O)c2ccc3c(c2)OCO3)C1c1ccc(N(C)C)cc1. The lowest BCUT2D eigenvalue weighted by molar-refractivity contribution is -0.140. The molecule has 0 saturated carbocycles. The van der Waals surface area contributed by atoms with Crippen molar-refractivity contribution in [3.8, 4) is 17.2 Å². The van der Waals surface area contributed by atoms with E-state index in [4.69, 9.17) is 14.2 Å². The highest BCUT2D eigenvalue weighted by Crippen LogP contribution is 2.42. The Balaban J connectivity index is 1.64. The lowest BCUT2D eigenvalue weighted by Gasteiger charge is -2.26. The monoisotopic (exact) mass is 486 g/mol. The fraction of sp³-hybridized carbons (Fsp3) is 0.214. The van der Waals surface area contributed by atoms with Crippen LogP contribution in [0.4, 0.5) is 5.69 Å². The van der Waals surface area contributed by atoms with Gasteiger partial charge in [-0.25, -0.2) is 0 Å². The molecule has 36 heavy (non-hydrogen) atoms. The summed E-state index contributed by atoms with van der Waals surface area (Å²) in [6.45, 7) is 0.216. The second-order valence-electron chi connectivity index (χ2n) is 8.79. The molecule has 1 atom stereocenters. The van der Waals surface area contributed by atoms with Crippen molar-refractivity contribution >= 4 is 23.1 Å². The maximum atomic E-state index is 13.4. The summed E-state index contributed by atoms with van der Waals surface area (Å²) in [5.41, 5.74) is 2.81. The van der Waals surface area contributed by atoms with Gasteiger partial charge in [0.25, 0.3) is 11.7 Å². The van der Waals surface area contributed by atoms with Crippen molar-refractivity contribution in [3.63, 3.8) is 0 Å². The summed E-state index contributed by atoms with van der Waals surface area (Å²) >= 11 is 0. The first-order valence-corrected chi connectivity index (χ1v) is 11.5. The van der Waals surface area contributed by atoms with E-state index in [1.165, 1.54) is 4.90 Å². The minimum Gasteiger partial charge on any atom is -0.507 e. The van der Waals surface area contributed by atoms with Gasteiger partial charge in [-0.3, -0.25) is 9.59 Å². The van der Waals surface area contributed by atoms with Gasteiger partial charge in [-0.05, 0) is 42.0 Å². The summed E-state index contributed by atoms with van der Waals surface area (Å²) in [6.07, 6.45) is 0. The zero-order valence-electron chi connectivity index (χ0n) is 20.2. The van der Waals surface area contributed by atoms with E-state index in [2.05, 4.69) is 0 Å². The minimum atomic E-state index is -0.795. The molecule has 1 fully saturated rings. The highest BCUT2D eigenvalue weighted by Gasteiger charge is 2.46. The first kappa shape index (κ1) is 23.3. The number of methoxy groups -OCH3 is 1. The summed E-state index contributed by atoms with van der Waals surface area (Å²) in [7, 11) is 5.43. The zero-order chi connectivity index (χ0) is 25.4. The Morgan fingerprint density at radius 1 is 1.03 bits per heavy atom. The molecule has 0 radical (unpaired) electrons. The standard InChI is InChI=1S/C28H26N2O6/c1-29(2)20-11-8-17(9-12-20)25-24(26(31)18-10-13-22-23(14-18)36-16-35-22)27(32)28(33)30(25)15-19-6-4-5-7-21(19)34-3/h4-14,25,31H,15-16H2,1-3H3/b26-24-. The fourth-order valence-electron chi connectivity index (χ4n) is 4.56. The Bertz CT molecular complexity index is 1360. The number of amides is 1. The van der Waals surface area contributed by atoms with Gasteiger partial charge in [-0.1, -0.05) is 30.3 Å². The van der Waals surface area contributed by atoms with Crippen molar-refractivity contribution < 1.29 is 28.9 Å². The van der Waals surface area contributed by atoms with Crippen LogP contribution in [0, 0.1) is 0 Å². The molecule has 1 unspecified atom stereocenters. The third-order valence-electron chi connectivity index (χ3n) is 6.44. The Kier molecular flexibility index (Phi) is 6.01. The summed E-state index contributed by atoms with van der Waals surface area (Å²) in [4.78, 5) is 30.1. The van der Waals surface area contributed by atoms with E-state index in [9.17, 15) is 14.7 Å². The molecule has 184 valence electrons. The molecule has 3 aromatic carbocycles. The number of rotatable bonds is 6. The molecular formula is C28H26N2O6. The molecule has 1 N–H and O–H groups in total. The van der Waals surface area contributed by atoms with Crippen LogP contribution in [0.1, 0.15) is 22.7 Å². The number of hydrogen-bond donors (Lipinski definition) is 1. The number of fused-ring (bicyclic) bond motifs is 1. The van der Waals surface area contributed by atoms with Gasteiger partial charge < -0.3 is 29.1 Å². The predicted molar refractivity (Wildman–Crippen MR) is 134 cm³/mol. The fourth-order valence-corrected chi connectivity index (χ4v) is 4.56. The first-order chi connectivity index (χ1) is 17.4. The van der Waals surface area contributed by atoms with Crippen LogP contribution in [0.2, 0.25) is 0 Å². The molecule has 0 aromatic heterocycles. The summed E-state index contributed by atoms with van der Waals surface area (Å²) in [5.74, 6) is -0.0763. The third-order valence-corrected chi connectivity index (χ3v) is 6.44. The highest BCUT2D eigenvalue weighted by atomic mass is 16.7. The molecule has 1 saturated heterocycles. The summed E-state index contributed by atoms with van der Waals surface area (Å²) in [5, 5.41) is 11.3. The van der Waals surface area contributed by atoms with Gasteiger partial charge in [0.15, 0.2) is 11.5 Å². The van der Waals surface area contributed by atoms with Gasteiger partial charge in [0.05, 0.1) is 25.3 Å². The van der Waals surface area contributed by atoms with E-state index in [0.29, 0.717) is 28.4 Å². The number of carbonyl (C=O) groups is 2. The molecule has 8 nitrogen and oxygen atoms in total. The van der Waals surface area contributed by atoms with Gasteiger partial charge in [0.2, 0.25) is 6.79 Å². The molecular weight excluding hydrogens is 460 g/mol. The second-order valence-corrected chi connectivity index (χ2v) is 8.79. The molecule has 8 heteroatoms. The maximum absolute atomic E-state index is 13.4. The third kappa shape index (κ3) is 4.00. The molecule has 2 heterocycles. The van der Waals surface area contributed by atoms with Crippen molar-refractivity contribution in [1.29, 1.82) is 0 Å². The van der Waals surface area contributed by atoms with Crippen LogP contribution in [-0.2, 0) is 16.1 Å². The smallest absolute Gasteiger partial charge is 0.295 e. The van der Waals surface area contributed by atoms with E-state index in [1.807, 2.05) is 61.5 Å². The lowest BCUT2D eigenvalue weighted by Crippen LogP contribution is -2.29. The Labute approximate surface area is 208 Å². The summed E-state index contributed by atoms with van der Waals surface area (Å²) < 4.78 is 16.3. The molecule has 0 aliphatic carbocycles. The number of likely N-dealkylation sites (tertiary alicyclic amines) is 1. The average molecular weight is 487 g/mol. The van der Waals surface area contributed by atoms with Gasteiger partial charge >= 0.3 is 0 Å². The maximum Gasteiger partial charge on any atom is 0.295 e. The van der Waals surface area contributed by atoms with Crippen LogP contribution in [-0.4, -0.2) is 49.7 Å². The topological polar surface area (TPSA) is 88.5 Å². The Morgan fingerprint density at radius 2 is 1.75 bits per heavy atom. The number of aliphatic hydroxyl groups is 1. The van der Waals surface area contributed by atoms with E-state index in [0.717, 1.165) is 11.3 Å². The highest BCUT2D eigenvalue weighted by molar-refractivity contribution is 6.46. The quantitative estimate of drug-likeness (QED) is 0.319. The first-order valence-electron chi connectivity index (χ1n) is 11.5. The van der Waals surface area contributed by atoms with Gasteiger partial charge in [0, 0.05) is 30.9 Å². The summed E-state index contributed by atoms with van der Waals surface area (Å²) in [6, 6.07) is 19.0. The van der Waals surface area contributed by atoms with E-state index < -0.39 is 17.7 Å². The number of ketones is 1. The number of Topliss-reactive ketones (excluding diaryl/α,β-unsaturated/α-hetero) is 1. The van der Waals surface area contributed by atoms with Crippen molar-refractivity contribution in [2.24, 2.45) is 0 Å². The number of benzene rings is 3. The number of nitrogens with zero attached hydrogens (tertiary/aromatic N) is 2. The van der Waals surface area contributed by atoms with E-state index in [-0.39, 0.29) is 24.7 Å². The number of carbonyl (C=O) groups excluding carboxylic acids is 2. The van der Waals surface area contributed by atoms with Gasteiger partial charge in [-0.15, -0.1) is 0 Å². The molecule has 0 bridgehead atoms. The Hall–Kier alpha value is -4.46. The van der Waals surface area contributed by atoms with Crippen LogP contribution >= 0.6 is 0 Å². The molecule has 5 rings (SSSR count). The lowest BCUT2D eigenvalue weighted by atomic mass is 9.94. The molecule has 1 amide bonds. The average Bonchev–Trinajstić information content (AvgIpc) is 3.46. The number of anilines is 1. The van der Waals surface area contributed by atoms with Crippen LogP contribution in [0.25, 0.3) is 5.76 Å². The zero-order valence-corrected chi connectivity index (χ0v) is 20.2. The van der Waals surface area contributed by atoms with Crippen LogP contribution in [0.15, 0.2) is 72.3 Å². The van der Waals surface area contributed by atoms with Crippen LogP contribution in [0.3, 0.4) is 0 Å². The number of hydrogen-bond acceptors (Lipinski definition) is 7. The van der Waals surface area contributed by atoms with E-state index >= 15 is 0 Å². The van der Waals surface area contributed by atoms with Crippen molar-refractivity contribution in [2.45, 2.75) is 12.6 Å². The molecule has 2 aliphatic heterocycles. The minimum absolute atomic E-state index is 0.0198. The predicted octanol–water partition coefficient (Wildman–Crippen LogP) is 4.11. The number of aliphatic hydroxyl groups excluding tert-OH is 1. The van der Waals surface area contributed by atoms with Crippen LogP contribution < -0.4 is 19.1 Å². The number of para-hydroxylation sites is 1. The van der Waals surface area contributed by atoms with Gasteiger partial charge in [0.1, 0.15) is 11.5 Å². The van der Waals surface area contributed by atoms with Crippen LogP contribution in [0.5, 0.6) is 17.2 Å². The van der Waals surface area contributed by atoms with Crippen molar-refractivity contribution in [3.05, 3.63) is 89.0 Å². The normalized spacial score (nSPS) is 18.0. The second kappa shape index (κ2) is 9.30. The molecule has 3 aromatic rings. The molecule has 2 aliphatic rings. The largest absolute Gasteiger partial charge is 0.507 e. The van der Waals surface area contributed by atoms with E-state index in [1.54, 1.807) is 31.4 Å².